The minimum atomic E-state index is -0.423. The zero-order valence-electron chi connectivity index (χ0n) is 7.56. The van der Waals surface area contributed by atoms with E-state index in [1.54, 1.807) is 6.07 Å². The van der Waals surface area contributed by atoms with Gasteiger partial charge in [-0.1, -0.05) is 12.1 Å². The van der Waals surface area contributed by atoms with Crippen LogP contribution in [0, 0.1) is 10.1 Å². The molecule has 0 bridgehead atoms. The molecule has 5 heteroatoms. The number of aromatic nitrogens is 1. The molecule has 0 spiro atoms. The summed E-state index contributed by atoms with van der Waals surface area (Å²) in [5.74, 6) is 0. The van der Waals surface area contributed by atoms with E-state index in [1.807, 2.05) is 6.92 Å². The largest absolute Gasteiger partial charge is 0.363 e. The van der Waals surface area contributed by atoms with E-state index >= 15 is 0 Å². The van der Waals surface area contributed by atoms with Crippen LogP contribution in [0.25, 0.3) is 10.9 Å². The van der Waals surface area contributed by atoms with Gasteiger partial charge < -0.3 is 4.52 Å². The van der Waals surface area contributed by atoms with Gasteiger partial charge in [-0.15, -0.1) is 0 Å². The number of nitrogens with zero attached hydrogens (tertiary/aromatic N) is 2. The third kappa shape index (κ3) is 1.22. The van der Waals surface area contributed by atoms with Crippen LogP contribution in [0.2, 0.25) is 0 Å². The van der Waals surface area contributed by atoms with Crippen molar-refractivity contribution in [3.8, 4) is 0 Å². The summed E-state index contributed by atoms with van der Waals surface area (Å²) in [4.78, 5) is 10.2. The molecule has 1 aromatic heterocycles. The maximum absolute atomic E-state index is 10.6. The fourth-order valence-electron chi connectivity index (χ4n) is 1.43. The van der Waals surface area contributed by atoms with E-state index in [0.29, 0.717) is 5.52 Å². The van der Waals surface area contributed by atoms with Crippen LogP contribution in [0.3, 0.4) is 0 Å². The van der Waals surface area contributed by atoms with E-state index in [-0.39, 0.29) is 5.69 Å². The van der Waals surface area contributed by atoms with Crippen molar-refractivity contribution in [3.05, 3.63) is 34.1 Å². The lowest BCUT2D eigenvalue weighted by Crippen LogP contribution is -1.90. The average molecular weight is 192 g/mol. The molecule has 0 fully saturated rings. The van der Waals surface area contributed by atoms with Crippen LogP contribution >= 0.6 is 0 Å². The monoisotopic (exact) mass is 192 g/mol. The molecule has 5 nitrogen and oxygen atoms in total. The van der Waals surface area contributed by atoms with Gasteiger partial charge in [-0.2, -0.15) is 0 Å². The molecule has 2 aromatic rings. The molecule has 0 saturated carbocycles. The molecular weight excluding hydrogens is 184 g/mol. The molecular formula is C9H8N2O3. The third-order valence-electron chi connectivity index (χ3n) is 2.14. The van der Waals surface area contributed by atoms with E-state index < -0.39 is 4.92 Å². The molecule has 0 aliphatic carbocycles. The number of non-ortho nitro benzene ring substituents is 1. The number of hydrogen-bond acceptors (Lipinski definition) is 4. The number of rotatable bonds is 2. The molecule has 0 aliphatic rings. The number of nitro groups is 1. The Morgan fingerprint density at radius 2 is 2.36 bits per heavy atom. The highest BCUT2D eigenvalue weighted by molar-refractivity contribution is 5.83. The van der Waals surface area contributed by atoms with Crippen molar-refractivity contribution in [1.29, 1.82) is 0 Å². The van der Waals surface area contributed by atoms with Crippen molar-refractivity contribution in [2.24, 2.45) is 0 Å². The van der Waals surface area contributed by atoms with Gasteiger partial charge in [0, 0.05) is 17.5 Å². The van der Waals surface area contributed by atoms with E-state index in [0.717, 1.165) is 17.4 Å². The van der Waals surface area contributed by atoms with Crippen molar-refractivity contribution in [1.82, 2.24) is 5.16 Å². The Kier molecular flexibility index (Phi) is 1.92. The van der Waals surface area contributed by atoms with E-state index in [1.165, 1.54) is 12.3 Å². The minimum Gasteiger partial charge on any atom is -0.363 e. The van der Waals surface area contributed by atoms with Gasteiger partial charge >= 0.3 is 0 Å². The molecule has 0 atom stereocenters. The standard InChI is InChI=1S/C9H8N2O3/c1-2-6-3-7(11(12)13)4-9-8(6)5-14-10-9/h3-5H,2H2,1H3. The summed E-state index contributed by atoms with van der Waals surface area (Å²) < 4.78 is 4.77. The van der Waals surface area contributed by atoms with Crippen LogP contribution in [-0.4, -0.2) is 10.1 Å². The topological polar surface area (TPSA) is 69.2 Å². The second-order valence-corrected chi connectivity index (χ2v) is 2.96. The summed E-state index contributed by atoms with van der Waals surface area (Å²) in [7, 11) is 0. The van der Waals surface area contributed by atoms with Gasteiger partial charge in [0.15, 0.2) is 0 Å². The predicted molar refractivity (Wildman–Crippen MR) is 50.0 cm³/mol. The lowest BCUT2D eigenvalue weighted by atomic mass is 10.1. The van der Waals surface area contributed by atoms with E-state index in [4.69, 9.17) is 4.52 Å². The van der Waals surface area contributed by atoms with Crippen LogP contribution in [0.1, 0.15) is 12.5 Å². The first-order valence-corrected chi connectivity index (χ1v) is 4.23. The molecule has 0 unspecified atom stereocenters. The number of benzene rings is 1. The lowest BCUT2D eigenvalue weighted by Gasteiger charge is -1.97. The Balaban J connectivity index is 2.73. The van der Waals surface area contributed by atoms with Crippen LogP contribution < -0.4 is 0 Å². The summed E-state index contributed by atoms with van der Waals surface area (Å²) in [5.41, 5.74) is 1.48. The Bertz CT molecular complexity index is 490. The smallest absolute Gasteiger partial charge is 0.272 e. The quantitative estimate of drug-likeness (QED) is 0.540. The Hall–Kier alpha value is -1.91. The van der Waals surface area contributed by atoms with Crippen LogP contribution in [-0.2, 0) is 6.42 Å². The molecule has 0 radical (unpaired) electrons. The van der Waals surface area contributed by atoms with Crippen molar-refractivity contribution in [3.63, 3.8) is 0 Å². The SMILES string of the molecule is CCc1cc([N+](=O)[O-])cc2nocc12. The van der Waals surface area contributed by atoms with Gasteiger partial charge in [0.1, 0.15) is 11.8 Å². The number of aryl methyl sites for hydroxylation is 1. The van der Waals surface area contributed by atoms with Gasteiger partial charge in [-0.25, -0.2) is 0 Å². The molecule has 1 heterocycles. The van der Waals surface area contributed by atoms with Crippen molar-refractivity contribution in [2.75, 3.05) is 0 Å². The third-order valence-corrected chi connectivity index (χ3v) is 2.14. The summed E-state index contributed by atoms with van der Waals surface area (Å²) in [6.07, 6.45) is 2.23. The molecule has 14 heavy (non-hydrogen) atoms. The van der Waals surface area contributed by atoms with Gasteiger partial charge in [0.05, 0.1) is 4.92 Å². The molecule has 2 rings (SSSR count). The molecule has 1 aromatic carbocycles. The minimum absolute atomic E-state index is 0.0586. The van der Waals surface area contributed by atoms with Crippen LogP contribution in [0.4, 0.5) is 5.69 Å². The molecule has 0 amide bonds. The summed E-state index contributed by atoms with van der Waals surface area (Å²) in [5, 5.41) is 15.1. The average Bonchev–Trinajstić information content (AvgIpc) is 2.63. The van der Waals surface area contributed by atoms with E-state index in [2.05, 4.69) is 5.16 Å². The summed E-state index contributed by atoms with van der Waals surface area (Å²) in [6, 6.07) is 2.97. The van der Waals surface area contributed by atoms with Crippen LogP contribution in [0.15, 0.2) is 22.9 Å². The lowest BCUT2D eigenvalue weighted by molar-refractivity contribution is -0.384. The Labute approximate surface area is 79.5 Å². The summed E-state index contributed by atoms with van der Waals surface area (Å²) >= 11 is 0. The number of fused-ring (bicyclic) bond motifs is 1. The maximum Gasteiger partial charge on any atom is 0.272 e. The highest BCUT2D eigenvalue weighted by Gasteiger charge is 2.12. The first-order valence-electron chi connectivity index (χ1n) is 4.23. The highest BCUT2D eigenvalue weighted by atomic mass is 16.6. The van der Waals surface area contributed by atoms with Crippen molar-refractivity contribution in [2.45, 2.75) is 13.3 Å². The number of hydrogen-bond donors (Lipinski definition) is 0. The molecule has 72 valence electrons. The zero-order chi connectivity index (χ0) is 10.1. The zero-order valence-corrected chi connectivity index (χ0v) is 7.56. The normalized spacial score (nSPS) is 10.6. The van der Waals surface area contributed by atoms with Gasteiger partial charge in [-0.05, 0) is 12.0 Å². The second-order valence-electron chi connectivity index (χ2n) is 2.96. The Morgan fingerprint density at radius 1 is 1.57 bits per heavy atom. The van der Waals surface area contributed by atoms with Crippen LogP contribution in [0.5, 0.6) is 0 Å². The van der Waals surface area contributed by atoms with Crippen molar-refractivity contribution >= 4 is 16.6 Å². The molecule has 0 saturated heterocycles. The predicted octanol–water partition coefficient (Wildman–Crippen LogP) is 2.30. The number of nitro benzene ring substituents is 1. The fourth-order valence-corrected chi connectivity index (χ4v) is 1.43. The second kappa shape index (κ2) is 3.10. The molecule has 0 N–H and O–H groups in total. The van der Waals surface area contributed by atoms with Crippen molar-refractivity contribution < 1.29 is 9.45 Å². The Morgan fingerprint density at radius 3 is 3.00 bits per heavy atom. The maximum atomic E-state index is 10.6. The van der Waals surface area contributed by atoms with Gasteiger partial charge in [-0.3, -0.25) is 10.1 Å². The van der Waals surface area contributed by atoms with Gasteiger partial charge in [0.2, 0.25) is 0 Å². The van der Waals surface area contributed by atoms with Gasteiger partial charge in [0.25, 0.3) is 5.69 Å². The summed E-state index contributed by atoms with van der Waals surface area (Å²) in [6.45, 7) is 1.94. The highest BCUT2D eigenvalue weighted by Crippen LogP contribution is 2.24. The first-order chi connectivity index (χ1) is 6.72. The molecule has 0 aliphatic heterocycles. The fraction of sp³-hybridized carbons (Fsp3) is 0.222. The first kappa shape index (κ1) is 8.68. The van der Waals surface area contributed by atoms with E-state index in [9.17, 15) is 10.1 Å².